The van der Waals surface area contributed by atoms with Crippen LogP contribution >= 0.6 is 0 Å². The summed E-state index contributed by atoms with van der Waals surface area (Å²) in [5.41, 5.74) is 5.58. The number of carboxylic acid groups (broad SMARTS) is 1. The summed E-state index contributed by atoms with van der Waals surface area (Å²) < 4.78 is 4.78. The molecule has 1 rings (SSSR count). The minimum atomic E-state index is -1.15. The molecule has 1 amide bonds. The zero-order valence-corrected chi connectivity index (χ0v) is 10.5. The molecule has 0 aliphatic carbocycles. The van der Waals surface area contributed by atoms with Crippen molar-refractivity contribution in [3.63, 3.8) is 0 Å². The van der Waals surface area contributed by atoms with E-state index < -0.39 is 5.97 Å². The fraction of sp³-hybridized carbons (Fsp3) is 0.364. The lowest BCUT2D eigenvalue weighted by molar-refractivity contribution is -0.119. The van der Waals surface area contributed by atoms with E-state index in [1.54, 1.807) is 0 Å². The van der Waals surface area contributed by atoms with Gasteiger partial charge in [0.2, 0.25) is 5.91 Å². The van der Waals surface area contributed by atoms with Crippen LogP contribution in [0.2, 0.25) is 0 Å². The highest BCUT2D eigenvalue weighted by Gasteiger charge is 2.12. The molecule has 0 radical (unpaired) electrons. The Bertz CT molecular complexity index is 464. The molecule has 0 aromatic carbocycles. The number of nitrogens with zero attached hydrogens (tertiary/aromatic N) is 1. The summed E-state index contributed by atoms with van der Waals surface area (Å²) in [6, 6.07) is 1.29. The number of amides is 1. The number of carboxylic acids is 1. The molecule has 0 saturated carbocycles. The molecule has 8 heteroatoms. The molecule has 0 bridgehead atoms. The van der Waals surface area contributed by atoms with Crippen molar-refractivity contribution in [3.8, 4) is 0 Å². The largest absolute Gasteiger partial charge is 0.478 e. The molecule has 0 aliphatic heterocycles. The van der Waals surface area contributed by atoms with Gasteiger partial charge in [-0.2, -0.15) is 0 Å². The van der Waals surface area contributed by atoms with Crippen molar-refractivity contribution in [2.45, 2.75) is 0 Å². The van der Waals surface area contributed by atoms with Gasteiger partial charge in [0, 0.05) is 19.9 Å². The number of hydrogen-bond acceptors (Lipinski definition) is 6. The summed E-state index contributed by atoms with van der Waals surface area (Å²) in [5, 5.41) is 14.2. The van der Waals surface area contributed by atoms with Crippen molar-refractivity contribution in [1.29, 1.82) is 0 Å². The molecule has 0 aliphatic rings. The smallest absolute Gasteiger partial charge is 0.337 e. The second-order valence-electron chi connectivity index (χ2n) is 3.62. The zero-order valence-electron chi connectivity index (χ0n) is 10.5. The Morgan fingerprint density at radius 1 is 1.53 bits per heavy atom. The SMILES string of the molecule is COCCNC(=O)CNc1nccc(C(=O)O)c1N. The number of anilines is 2. The first kappa shape index (κ1) is 14.7. The first-order chi connectivity index (χ1) is 9.06. The summed E-state index contributed by atoms with van der Waals surface area (Å²) in [5.74, 6) is -1.24. The van der Waals surface area contributed by atoms with Crippen molar-refractivity contribution in [1.82, 2.24) is 10.3 Å². The number of nitrogens with one attached hydrogen (secondary N) is 2. The van der Waals surface area contributed by atoms with Gasteiger partial charge in [-0.25, -0.2) is 9.78 Å². The van der Waals surface area contributed by atoms with Gasteiger partial charge in [0.1, 0.15) is 5.82 Å². The zero-order chi connectivity index (χ0) is 14.3. The second kappa shape index (κ2) is 7.17. The number of nitrogens with two attached hydrogens (primary N) is 1. The van der Waals surface area contributed by atoms with Crippen molar-refractivity contribution >= 4 is 23.4 Å². The van der Waals surface area contributed by atoms with E-state index in [1.165, 1.54) is 19.4 Å². The van der Waals surface area contributed by atoms with E-state index in [0.29, 0.717) is 13.2 Å². The molecule has 5 N–H and O–H groups in total. The molecule has 0 atom stereocenters. The van der Waals surface area contributed by atoms with Gasteiger partial charge in [0.15, 0.2) is 0 Å². The lowest BCUT2D eigenvalue weighted by atomic mass is 10.2. The highest BCUT2D eigenvalue weighted by molar-refractivity contribution is 5.96. The normalized spacial score (nSPS) is 9.95. The van der Waals surface area contributed by atoms with Crippen LogP contribution in [0.4, 0.5) is 11.5 Å². The average Bonchev–Trinajstić information content (AvgIpc) is 2.37. The van der Waals surface area contributed by atoms with Crippen molar-refractivity contribution in [2.75, 3.05) is 37.9 Å². The van der Waals surface area contributed by atoms with Crippen LogP contribution in [0.25, 0.3) is 0 Å². The maximum Gasteiger partial charge on any atom is 0.337 e. The lowest BCUT2D eigenvalue weighted by Crippen LogP contribution is -2.32. The Morgan fingerprint density at radius 3 is 2.89 bits per heavy atom. The number of pyridine rings is 1. The van der Waals surface area contributed by atoms with Crippen LogP contribution in [0.3, 0.4) is 0 Å². The minimum absolute atomic E-state index is 0.000286. The number of hydrogen-bond donors (Lipinski definition) is 4. The third-order valence-electron chi connectivity index (χ3n) is 2.27. The maximum atomic E-state index is 11.4. The quantitative estimate of drug-likeness (QED) is 0.493. The number of rotatable bonds is 7. The predicted octanol–water partition coefficient (Wildman–Crippen LogP) is -0.463. The number of aromatic nitrogens is 1. The Kier molecular flexibility index (Phi) is 5.55. The predicted molar refractivity (Wildman–Crippen MR) is 69.0 cm³/mol. The maximum absolute atomic E-state index is 11.4. The molecule has 0 saturated heterocycles. The molecule has 0 fully saturated rings. The van der Waals surface area contributed by atoms with Crippen LogP contribution < -0.4 is 16.4 Å². The number of methoxy groups -OCH3 is 1. The second-order valence-corrected chi connectivity index (χ2v) is 3.62. The Hall–Kier alpha value is -2.35. The molecular weight excluding hydrogens is 252 g/mol. The molecule has 0 unspecified atom stereocenters. The molecule has 8 nitrogen and oxygen atoms in total. The van der Waals surface area contributed by atoms with Crippen molar-refractivity contribution in [2.24, 2.45) is 0 Å². The number of ether oxygens (including phenoxy) is 1. The van der Waals surface area contributed by atoms with E-state index in [-0.39, 0.29) is 29.5 Å². The standard InChI is InChI=1S/C11H16N4O4/c1-19-5-4-13-8(16)6-15-10-9(12)7(11(17)18)2-3-14-10/h2-3H,4-6,12H2,1H3,(H,13,16)(H,14,15)(H,17,18). The molecular formula is C11H16N4O4. The number of carbonyl (C=O) groups is 2. The van der Waals surface area contributed by atoms with Gasteiger partial charge in [-0.1, -0.05) is 0 Å². The fourth-order valence-corrected chi connectivity index (χ4v) is 1.32. The third-order valence-corrected chi connectivity index (χ3v) is 2.27. The van der Waals surface area contributed by atoms with Crippen molar-refractivity contribution < 1.29 is 19.4 Å². The van der Waals surface area contributed by atoms with Gasteiger partial charge >= 0.3 is 5.97 Å². The van der Waals surface area contributed by atoms with E-state index in [1.807, 2.05) is 0 Å². The van der Waals surface area contributed by atoms with Gasteiger partial charge < -0.3 is 26.2 Å². The van der Waals surface area contributed by atoms with E-state index >= 15 is 0 Å². The molecule has 1 aromatic heterocycles. The Labute approximate surface area is 110 Å². The summed E-state index contributed by atoms with van der Waals surface area (Å²) in [6.45, 7) is 0.764. The minimum Gasteiger partial charge on any atom is -0.478 e. The lowest BCUT2D eigenvalue weighted by Gasteiger charge is -2.10. The molecule has 104 valence electrons. The number of carbonyl (C=O) groups excluding carboxylic acids is 1. The molecule has 19 heavy (non-hydrogen) atoms. The molecule has 0 spiro atoms. The van der Waals surface area contributed by atoms with Gasteiger partial charge in [0.25, 0.3) is 0 Å². The highest BCUT2D eigenvalue weighted by atomic mass is 16.5. The van der Waals surface area contributed by atoms with Crippen LogP contribution in [-0.4, -0.2) is 48.8 Å². The van der Waals surface area contributed by atoms with Crippen LogP contribution in [0.1, 0.15) is 10.4 Å². The van der Waals surface area contributed by atoms with Crippen LogP contribution in [0.5, 0.6) is 0 Å². The summed E-state index contributed by atoms with van der Waals surface area (Å²) in [6.07, 6.45) is 1.31. The van der Waals surface area contributed by atoms with Gasteiger partial charge in [-0.15, -0.1) is 0 Å². The monoisotopic (exact) mass is 268 g/mol. The van der Waals surface area contributed by atoms with E-state index in [4.69, 9.17) is 15.6 Å². The number of aromatic carboxylic acids is 1. The van der Waals surface area contributed by atoms with Gasteiger partial charge in [-0.3, -0.25) is 4.79 Å². The fourth-order valence-electron chi connectivity index (χ4n) is 1.32. The summed E-state index contributed by atoms with van der Waals surface area (Å²) in [4.78, 5) is 26.2. The number of nitrogen functional groups attached to an aromatic ring is 1. The first-order valence-electron chi connectivity index (χ1n) is 5.53. The molecule has 1 heterocycles. The molecule has 1 aromatic rings. The van der Waals surface area contributed by atoms with Gasteiger partial charge in [-0.05, 0) is 6.07 Å². The van der Waals surface area contributed by atoms with Crippen LogP contribution in [0.15, 0.2) is 12.3 Å². The Balaban J connectivity index is 2.56. The topological polar surface area (TPSA) is 127 Å². The third kappa shape index (κ3) is 4.43. The summed E-state index contributed by atoms with van der Waals surface area (Å²) in [7, 11) is 1.53. The van der Waals surface area contributed by atoms with Gasteiger partial charge in [0.05, 0.1) is 24.4 Å². The Morgan fingerprint density at radius 2 is 2.26 bits per heavy atom. The summed E-state index contributed by atoms with van der Waals surface area (Å²) >= 11 is 0. The van der Waals surface area contributed by atoms with E-state index in [2.05, 4.69) is 15.6 Å². The van der Waals surface area contributed by atoms with E-state index in [9.17, 15) is 9.59 Å². The average molecular weight is 268 g/mol. The van der Waals surface area contributed by atoms with E-state index in [0.717, 1.165) is 0 Å². The van der Waals surface area contributed by atoms with Crippen LogP contribution in [-0.2, 0) is 9.53 Å². The first-order valence-corrected chi connectivity index (χ1v) is 5.53. The van der Waals surface area contributed by atoms with Crippen molar-refractivity contribution in [3.05, 3.63) is 17.8 Å². The highest BCUT2D eigenvalue weighted by Crippen LogP contribution is 2.19. The van der Waals surface area contributed by atoms with Crippen LogP contribution in [0, 0.1) is 0 Å².